The van der Waals surface area contributed by atoms with Crippen molar-refractivity contribution in [1.82, 2.24) is 9.55 Å². The van der Waals surface area contributed by atoms with Gasteiger partial charge >= 0.3 is 0 Å². The maximum absolute atomic E-state index is 5.36. The first-order chi connectivity index (χ1) is 18.8. The molecule has 8 aromatic rings. The molecule has 0 aliphatic carbocycles. The number of nitrogens with zero attached hydrogens (tertiary/aromatic N) is 2. The number of fused-ring (bicyclic) bond motifs is 9. The lowest BCUT2D eigenvalue weighted by atomic mass is 9.95. The largest absolute Gasteiger partial charge is 0.309 e. The molecule has 0 unspecified atom stereocenters. The van der Waals surface area contributed by atoms with E-state index in [-0.39, 0.29) is 0 Å². The summed E-state index contributed by atoms with van der Waals surface area (Å²) in [5, 5.41) is 8.72. The van der Waals surface area contributed by atoms with Crippen LogP contribution in [0.5, 0.6) is 0 Å². The van der Waals surface area contributed by atoms with E-state index in [9.17, 15) is 0 Å². The van der Waals surface area contributed by atoms with Crippen molar-refractivity contribution >= 4 is 54.3 Å². The highest BCUT2D eigenvalue weighted by Crippen LogP contribution is 2.38. The third kappa shape index (κ3) is 2.98. The lowest BCUT2D eigenvalue weighted by Gasteiger charge is -2.14. The van der Waals surface area contributed by atoms with Crippen molar-refractivity contribution in [3.8, 4) is 16.9 Å². The Labute approximate surface area is 220 Å². The Kier molecular flexibility index (Phi) is 4.47. The average Bonchev–Trinajstić information content (AvgIpc) is 3.32. The molecular weight excluding hydrogens is 460 g/mol. The fourth-order valence-corrected chi connectivity index (χ4v) is 6.19. The first kappa shape index (κ1) is 21.2. The van der Waals surface area contributed by atoms with Crippen LogP contribution in [0.2, 0.25) is 0 Å². The predicted molar refractivity (Wildman–Crippen MR) is 161 cm³/mol. The van der Waals surface area contributed by atoms with Gasteiger partial charge in [-0.1, -0.05) is 97.1 Å². The predicted octanol–water partition coefficient (Wildman–Crippen LogP) is 9.61. The van der Waals surface area contributed by atoms with Crippen LogP contribution in [0.1, 0.15) is 5.56 Å². The second-order valence-corrected chi connectivity index (χ2v) is 10.1. The Morgan fingerprint density at radius 1 is 0.474 bits per heavy atom. The Balaban J connectivity index is 1.41. The second-order valence-electron chi connectivity index (χ2n) is 10.1. The molecule has 38 heavy (non-hydrogen) atoms. The number of benzene rings is 6. The minimum absolute atomic E-state index is 1.03. The van der Waals surface area contributed by atoms with Crippen LogP contribution < -0.4 is 0 Å². The molecule has 0 N–H and O–H groups in total. The van der Waals surface area contributed by atoms with Gasteiger partial charge in [0.1, 0.15) is 0 Å². The maximum Gasteiger partial charge on any atom is 0.0794 e. The van der Waals surface area contributed by atoms with Crippen LogP contribution in [0.3, 0.4) is 0 Å². The number of aromatic nitrogens is 2. The van der Waals surface area contributed by atoms with E-state index in [1.807, 2.05) is 0 Å². The van der Waals surface area contributed by atoms with Gasteiger partial charge in [0.05, 0.1) is 22.2 Å². The summed E-state index contributed by atoms with van der Waals surface area (Å²) >= 11 is 0. The molecule has 8 rings (SSSR count). The monoisotopic (exact) mass is 484 g/mol. The van der Waals surface area contributed by atoms with Crippen molar-refractivity contribution in [2.45, 2.75) is 6.92 Å². The smallest absolute Gasteiger partial charge is 0.0794 e. The molecule has 0 bridgehead atoms. The molecule has 2 nitrogen and oxygen atoms in total. The van der Waals surface area contributed by atoms with E-state index in [0.717, 1.165) is 22.5 Å². The fraction of sp³-hybridized carbons (Fsp3) is 0.0278. The zero-order valence-corrected chi connectivity index (χ0v) is 21.0. The third-order valence-corrected chi connectivity index (χ3v) is 7.86. The van der Waals surface area contributed by atoms with E-state index in [4.69, 9.17) is 4.98 Å². The van der Waals surface area contributed by atoms with Gasteiger partial charge in [0.25, 0.3) is 0 Å². The Morgan fingerprint density at radius 3 is 1.66 bits per heavy atom. The van der Waals surface area contributed by atoms with Crippen LogP contribution in [-0.2, 0) is 0 Å². The van der Waals surface area contributed by atoms with Crippen molar-refractivity contribution in [1.29, 1.82) is 0 Å². The van der Waals surface area contributed by atoms with Crippen LogP contribution >= 0.6 is 0 Å². The molecule has 178 valence electrons. The van der Waals surface area contributed by atoms with Gasteiger partial charge in [0.2, 0.25) is 0 Å². The number of hydrogen-bond acceptors (Lipinski definition) is 1. The molecule has 2 aromatic heterocycles. The quantitative estimate of drug-likeness (QED) is 0.223. The molecule has 6 aromatic carbocycles. The van der Waals surface area contributed by atoms with Gasteiger partial charge in [0, 0.05) is 32.8 Å². The zero-order chi connectivity index (χ0) is 25.2. The van der Waals surface area contributed by atoms with Crippen LogP contribution in [0.15, 0.2) is 127 Å². The van der Waals surface area contributed by atoms with Crippen molar-refractivity contribution in [2.24, 2.45) is 0 Å². The number of para-hydroxylation sites is 2. The summed E-state index contributed by atoms with van der Waals surface area (Å²) in [5.41, 5.74) is 7.96. The first-order valence-corrected chi connectivity index (χ1v) is 13.1. The normalized spacial score (nSPS) is 11.8. The van der Waals surface area contributed by atoms with Gasteiger partial charge in [0.15, 0.2) is 0 Å². The molecule has 0 fully saturated rings. The molecule has 2 heteroatoms. The van der Waals surface area contributed by atoms with E-state index < -0.39 is 0 Å². The summed E-state index contributed by atoms with van der Waals surface area (Å²) < 4.78 is 2.37. The minimum atomic E-state index is 1.03. The number of rotatable bonds is 2. The summed E-state index contributed by atoms with van der Waals surface area (Å²) in [5.74, 6) is 0. The molecule has 0 aliphatic rings. The molecule has 0 spiro atoms. The molecule has 0 saturated carbocycles. The van der Waals surface area contributed by atoms with Crippen molar-refractivity contribution < 1.29 is 0 Å². The second kappa shape index (κ2) is 8.03. The van der Waals surface area contributed by atoms with E-state index in [1.54, 1.807) is 0 Å². The zero-order valence-electron chi connectivity index (χ0n) is 21.0. The van der Waals surface area contributed by atoms with Gasteiger partial charge in [-0.3, -0.25) is 0 Å². The Hall–Kier alpha value is -4.95. The van der Waals surface area contributed by atoms with Gasteiger partial charge < -0.3 is 4.57 Å². The van der Waals surface area contributed by atoms with Gasteiger partial charge in [-0.15, -0.1) is 0 Å². The van der Waals surface area contributed by atoms with E-state index >= 15 is 0 Å². The van der Waals surface area contributed by atoms with Crippen LogP contribution in [0.4, 0.5) is 0 Å². The molecule has 0 saturated heterocycles. The Morgan fingerprint density at radius 2 is 1.00 bits per heavy atom. The lowest BCUT2D eigenvalue weighted by Crippen LogP contribution is -1.96. The highest BCUT2D eigenvalue weighted by Gasteiger charge is 2.15. The fourth-order valence-electron chi connectivity index (χ4n) is 6.19. The van der Waals surface area contributed by atoms with Crippen LogP contribution in [0, 0.1) is 6.92 Å². The highest BCUT2D eigenvalue weighted by atomic mass is 15.0. The van der Waals surface area contributed by atoms with Crippen molar-refractivity contribution in [2.75, 3.05) is 0 Å². The van der Waals surface area contributed by atoms with Crippen molar-refractivity contribution in [3.63, 3.8) is 0 Å². The van der Waals surface area contributed by atoms with Crippen molar-refractivity contribution in [3.05, 3.63) is 133 Å². The highest BCUT2D eigenvalue weighted by molar-refractivity contribution is 6.24. The third-order valence-electron chi connectivity index (χ3n) is 7.86. The van der Waals surface area contributed by atoms with Crippen LogP contribution in [0.25, 0.3) is 71.2 Å². The lowest BCUT2D eigenvalue weighted by molar-refractivity contribution is 1.18. The maximum atomic E-state index is 5.36. The first-order valence-electron chi connectivity index (χ1n) is 13.1. The molecule has 0 atom stereocenters. The molecule has 0 aliphatic heterocycles. The number of aryl methyl sites for hydroxylation is 1. The average molecular weight is 485 g/mol. The summed E-state index contributed by atoms with van der Waals surface area (Å²) in [6.07, 6.45) is 0. The van der Waals surface area contributed by atoms with Crippen LogP contribution in [-0.4, -0.2) is 9.55 Å². The Bertz CT molecular complexity index is 2150. The number of pyridine rings is 1. The van der Waals surface area contributed by atoms with Gasteiger partial charge in [-0.2, -0.15) is 0 Å². The topological polar surface area (TPSA) is 17.8 Å². The van der Waals surface area contributed by atoms with Gasteiger partial charge in [-0.25, -0.2) is 4.98 Å². The summed E-state index contributed by atoms with van der Waals surface area (Å²) in [6, 6.07) is 45.7. The molecule has 0 amide bonds. The SMILES string of the molecule is Cc1cc2c3ccccc3c3ccccc3c2nc1-c1cccc(-n2c3ccccc3c3ccccc32)c1. The van der Waals surface area contributed by atoms with Gasteiger partial charge in [-0.05, 0) is 59.0 Å². The van der Waals surface area contributed by atoms with E-state index in [2.05, 4.69) is 139 Å². The standard InChI is InChI=1S/C36H24N2/c1-23-21-32-28-15-3-2-13-26(28)27-14-4-5-18-31(27)36(32)37-35(23)24-11-10-12-25(22-24)38-33-19-8-6-16-29(33)30-17-7-9-20-34(30)38/h2-22H,1H3. The molecule has 0 radical (unpaired) electrons. The summed E-state index contributed by atoms with van der Waals surface area (Å²) in [4.78, 5) is 5.36. The van der Waals surface area contributed by atoms with E-state index in [1.165, 1.54) is 54.3 Å². The summed E-state index contributed by atoms with van der Waals surface area (Å²) in [6.45, 7) is 2.18. The molecular formula is C36H24N2. The number of hydrogen-bond donors (Lipinski definition) is 0. The van der Waals surface area contributed by atoms with E-state index in [0.29, 0.717) is 0 Å². The summed E-state index contributed by atoms with van der Waals surface area (Å²) in [7, 11) is 0. The molecule has 2 heterocycles. The minimum Gasteiger partial charge on any atom is -0.309 e.